The third-order valence-corrected chi connectivity index (χ3v) is 3.72. The molecular formula is C17H20O2. The highest BCUT2D eigenvalue weighted by Gasteiger charge is 2.10. The van der Waals surface area contributed by atoms with Crippen molar-refractivity contribution < 1.29 is 10.2 Å². The fourth-order valence-corrected chi connectivity index (χ4v) is 2.68. The van der Waals surface area contributed by atoms with Gasteiger partial charge >= 0.3 is 0 Å². The van der Waals surface area contributed by atoms with Crippen LogP contribution in [0.15, 0.2) is 24.3 Å². The second-order valence-electron chi connectivity index (χ2n) is 5.29. The lowest BCUT2D eigenvalue weighted by molar-refractivity contribution is 0.474. The molecule has 0 atom stereocenters. The predicted octanol–water partition coefficient (Wildman–Crippen LogP) is 3.92. The van der Waals surface area contributed by atoms with Gasteiger partial charge in [-0.15, -0.1) is 0 Å². The Kier molecular flexibility index (Phi) is 3.52. The highest BCUT2D eigenvalue weighted by Crippen LogP contribution is 2.27. The van der Waals surface area contributed by atoms with Crippen molar-refractivity contribution in [2.24, 2.45) is 0 Å². The van der Waals surface area contributed by atoms with Crippen molar-refractivity contribution in [2.45, 2.75) is 34.1 Å². The van der Waals surface area contributed by atoms with Crippen LogP contribution in [0.1, 0.15) is 33.4 Å². The molecule has 0 aliphatic carbocycles. The van der Waals surface area contributed by atoms with E-state index in [1.54, 1.807) is 24.3 Å². The van der Waals surface area contributed by atoms with E-state index in [4.69, 9.17) is 0 Å². The molecule has 2 heteroatoms. The number of phenols is 2. The number of hydrogen-bond acceptors (Lipinski definition) is 2. The zero-order valence-electron chi connectivity index (χ0n) is 11.9. The fraction of sp³-hybridized carbons (Fsp3) is 0.294. The molecule has 100 valence electrons. The number of phenolic OH excluding ortho intramolecular Hbond substituents is 2. The number of hydrogen-bond donors (Lipinski definition) is 2. The predicted molar refractivity (Wildman–Crippen MR) is 78.0 cm³/mol. The molecule has 2 N–H and O–H groups in total. The average Bonchev–Trinajstić information content (AvgIpc) is 2.25. The molecule has 0 saturated carbocycles. The van der Waals surface area contributed by atoms with Crippen LogP contribution in [0.3, 0.4) is 0 Å². The largest absolute Gasteiger partial charge is 0.508 e. The first-order valence-corrected chi connectivity index (χ1v) is 6.46. The van der Waals surface area contributed by atoms with Gasteiger partial charge in [-0.05, 0) is 91.8 Å². The molecule has 0 aromatic heterocycles. The Balaban J connectivity index is 2.48. The maximum Gasteiger partial charge on any atom is 0.116 e. The monoisotopic (exact) mass is 256 g/mol. The lowest BCUT2D eigenvalue weighted by Gasteiger charge is -2.15. The van der Waals surface area contributed by atoms with Crippen molar-refractivity contribution in [2.75, 3.05) is 0 Å². The Morgan fingerprint density at radius 3 is 1.16 bits per heavy atom. The van der Waals surface area contributed by atoms with Crippen molar-refractivity contribution >= 4 is 0 Å². The van der Waals surface area contributed by atoms with Crippen molar-refractivity contribution in [1.82, 2.24) is 0 Å². The molecule has 0 unspecified atom stereocenters. The SMILES string of the molecule is Cc1cc(O)cc(C)c1Cc1c(C)cc(O)cc1C. The molecule has 0 bridgehead atoms. The molecule has 0 heterocycles. The Morgan fingerprint density at radius 1 is 0.632 bits per heavy atom. The van der Waals surface area contributed by atoms with E-state index in [2.05, 4.69) is 0 Å². The molecule has 2 aromatic carbocycles. The topological polar surface area (TPSA) is 40.5 Å². The van der Waals surface area contributed by atoms with Gasteiger partial charge in [0.25, 0.3) is 0 Å². The lowest BCUT2D eigenvalue weighted by Crippen LogP contribution is -2.00. The van der Waals surface area contributed by atoms with Crippen LogP contribution in [0.4, 0.5) is 0 Å². The molecule has 0 saturated heterocycles. The number of benzene rings is 2. The number of aromatic hydroxyl groups is 2. The Hall–Kier alpha value is -1.96. The molecule has 2 nitrogen and oxygen atoms in total. The smallest absolute Gasteiger partial charge is 0.116 e. The van der Waals surface area contributed by atoms with Crippen molar-refractivity contribution in [3.63, 3.8) is 0 Å². The van der Waals surface area contributed by atoms with E-state index < -0.39 is 0 Å². The van der Waals surface area contributed by atoms with E-state index in [0.29, 0.717) is 11.5 Å². The minimum atomic E-state index is 0.318. The maximum atomic E-state index is 9.60. The third-order valence-electron chi connectivity index (χ3n) is 3.72. The molecular weight excluding hydrogens is 236 g/mol. The number of aryl methyl sites for hydroxylation is 4. The summed E-state index contributed by atoms with van der Waals surface area (Å²) in [6.07, 6.45) is 0.829. The first kappa shape index (κ1) is 13.5. The molecule has 0 fully saturated rings. The van der Waals surface area contributed by atoms with Crippen LogP contribution < -0.4 is 0 Å². The van der Waals surface area contributed by atoms with Crippen LogP contribution in [0.25, 0.3) is 0 Å². The Labute approximate surface area is 114 Å². The average molecular weight is 256 g/mol. The van der Waals surface area contributed by atoms with Crippen LogP contribution >= 0.6 is 0 Å². The lowest BCUT2D eigenvalue weighted by atomic mass is 9.91. The van der Waals surface area contributed by atoms with Gasteiger partial charge in [-0.3, -0.25) is 0 Å². The number of rotatable bonds is 2. The molecule has 0 aliphatic rings. The van der Waals surface area contributed by atoms with Crippen molar-refractivity contribution in [3.8, 4) is 11.5 Å². The normalized spacial score (nSPS) is 10.7. The van der Waals surface area contributed by atoms with E-state index in [1.807, 2.05) is 27.7 Å². The molecule has 2 rings (SSSR count). The van der Waals surface area contributed by atoms with E-state index in [9.17, 15) is 10.2 Å². The summed E-state index contributed by atoms with van der Waals surface area (Å²) in [5.74, 6) is 0.635. The quantitative estimate of drug-likeness (QED) is 0.855. The summed E-state index contributed by atoms with van der Waals surface area (Å²) in [6.45, 7) is 8.08. The third kappa shape index (κ3) is 2.73. The van der Waals surface area contributed by atoms with Gasteiger partial charge in [0, 0.05) is 0 Å². The van der Waals surface area contributed by atoms with Gasteiger partial charge in [-0.25, -0.2) is 0 Å². The maximum absolute atomic E-state index is 9.60. The molecule has 0 radical (unpaired) electrons. The van der Waals surface area contributed by atoms with Crippen LogP contribution in [0, 0.1) is 27.7 Å². The van der Waals surface area contributed by atoms with E-state index in [1.165, 1.54) is 11.1 Å². The van der Waals surface area contributed by atoms with Gasteiger partial charge in [-0.2, -0.15) is 0 Å². The molecule has 19 heavy (non-hydrogen) atoms. The summed E-state index contributed by atoms with van der Waals surface area (Å²) in [5.41, 5.74) is 6.90. The first-order chi connectivity index (χ1) is 8.88. The highest BCUT2D eigenvalue weighted by molar-refractivity contribution is 5.47. The summed E-state index contributed by atoms with van der Waals surface area (Å²) in [6, 6.07) is 7.20. The van der Waals surface area contributed by atoms with Crippen LogP contribution in [0.5, 0.6) is 11.5 Å². The van der Waals surface area contributed by atoms with Crippen LogP contribution in [-0.2, 0) is 6.42 Å². The van der Waals surface area contributed by atoms with Gasteiger partial charge < -0.3 is 10.2 Å². The summed E-state index contributed by atoms with van der Waals surface area (Å²) < 4.78 is 0. The summed E-state index contributed by atoms with van der Waals surface area (Å²) in [7, 11) is 0. The second-order valence-corrected chi connectivity index (χ2v) is 5.29. The summed E-state index contributed by atoms with van der Waals surface area (Å²) in [5, 5.41) is 19.2. The highest BCUT2D eigenvalue weighted by atomic mass is 16.3. The van der Waals surface area contributed by atoms with Crippen molar-refractivity contribution in [3.05, 3.63) is 57.6 Å². The molecule has 0 aliphatic heterocycles. The van der Waals surface area contributed by atoms with Gasteiger partial charge in [0.2, 0.25) is 0 Å². The first-order valence-electron chi connectivity index (χ1n) is 6.46. The van der Waals surface area contributed by atoms with Crippen LogP contribution in [0.2, 0.25) is 0 Å². The standard InChI is InChI=1S/C17H20O2/c1-10-5-14(18)6-11(2)16(10)9-17-12(3)7-15(19)8-13(17)4/h5-8,18-19H,9H2,1-4H3. The Bertz CT molecular complexity index is 526. The van der Waals surface area contributed by atoms with Gasteiger partial charge in [0.15, 0.2) is 0 Å². The zero-order chi connectivity index (χ0) is 14.2. The van der Waals surface area contributed by atoms with Crippen LogP contribution in [-0.4, -0.2) is 10.2 Å². The molecule has 0 amide bonds. The summed E-state index contributed by atoms with van der Waals surface area (Å²) >= 11 is 0. The minimum absolute atomic E-state index is 0.318. The molecule has 2 aromatic rings. The van der Waals surface area contributed by atoms with E-state index in [-0.39, 0.29) is 0 Å². The van der Waals surface area contributed by atoms with Gasteiger partial charge in [0.05, 0.1) is 0 Å². The second kappa shape index (κ2) is 4.96. The Morgan fingerprint density at radius 2 is 0.895 bits per heavy atom. The van der Waals surface area contributed by atoms with Gasteiger partial charge in [0.1, 0.15) is 11.5 Å². The molecule has 0 spiro atoms. The van der Waals surface area contributed by atoms with E-state index in [0.717, 1.165) is 28.7 Å². The minimum Gasteiger partial charge on any atom is -0.508 e. The zero-order valence-corrected chi connectivity index (χ0v) is 11.9. The van der Waals surface area contributed by atoms with E-state index >= 15 is 0 Å². The van der Waals surface area contributed by atoms with Gasteiger partial charge in [-0.1, -0.05) is 0 Å². The van der Waals surface area contributed by atoms with Crippen molar-refractivity contribution in [1.29, 1.82) is 0 Å². The fourth-order valence-electron chi connectivity index (χ4n) is 2.68. The summed E-state index contributed by atoms with van der Waals surface area (Å²) in [4.78, 5) is 0.